The van der Waals surface area contributed by atoms with Crippen LogP contribution in [0.2, 0.25) is 0 Å². The van der Waals surface area contributed by atoms with Crippen molar-refractivity contribution in [3.8, 4) is 44.5 Å². The predicted molar refractivity (Wildman–Crippen MR) is 241 cm³/mol. The average Bonchev–Trinajstić information content (AvgIpc) is 3.75. The van der Waals surface area contributed by atoms with E-state index in [1.807, 2.05) is 0 Å². The molecule has 262 valence electrons. The molecule has 0 fully saturated rings. The van der Waals surface area contributed by atoms with E-state index in [-0.39, 0.29) is 0 Å². The highest BCUT2D eigenvalue weighted by atomic mass is 14.5. The molecule has 2 aliphatic carbocycles. The van der Waals surface area contributed by atoms with Crippen LogP contribution >= 0.6 is 0 Å². The maximum Gasteiger partial charge on any atom is 0.0732 e. The minimum absolute atomic E-state index is 0.567. The molecule has 11 aromatic rings. The van der Waals surface area contributed by atoms with E-state index in [2.05, 4.69) is 206 Å². The molecule has 13 rings (SSSR count). The SMILES string of the molecule is c1ccc2c(c1)-c1c(c3c4ccccc4ccc3c3ccccc13)C21c2cc(-c3ccc4ccccc4c3)ccc2-c2ccc(-c3ccc4ccccc4c3)cc21. The van der Waals surface area contributed by atoms with E-state index in [4.69, 9.17) is 0 Å². The molecule has 0 radical (unpaired) electrons. The van der Waals surface area contributed by atoms with Crippen LogP contribution in [0.5, 0.6) is 0 Å². The van der Waals surface area contributed by atoms with E-state index in [0.29, 0.717) is 0 Å². The van der Waals surface area contributed by atoms with Gasteiger partial charge in [-0.3, -0.25) is 0 Å². The van der Waals surface area contributed by atoms with Gasteiger partial charge in [0.25, 0.3) is 0 Å². The molecule has 57 heavy (non-hydrogen) atoms. The molecule has 0 unspecified atom stereocenters. The summed E-state index contributed by atoms with van der Waals surface area (Å²) in [6, 6.07) is 77.9. The Hall–Kier alpha value is -7.28. The Morgan fingerprint density at radius 3 is 1.39 bits per heavy atom. The van der Waals surface area contributed by atoms with E-state index >= 15 is 0 Å². The van der Waals surface area contributed by atoms with Crippen molar-refractivity contribution < 1.29 is 0 Å². The van der Waals surface area contributed by atoms with Crippen LogP contribution in [0, 0.1) is 0 Å². The lowest BCUT2D eigenvalue weighted by Crippen LogP contribution is -2.26. The highest BCUT2D eigenvalue weighted by Gasteiger charge is 2.53. The molecule has 0 heterocycles. The number of benzene rings is 11. The van der Waals surface area contributed by atoms with Gasteiger partial charge in [0.1, 0.15) is 0 Å². The van der Waals surface area contributed by atoms with E-state index < -0.39 is 5.41 Å². The van der Waals surface area contributed by atoms with Crippen molar-refractivity contribution in [2.75, 3.05) is 0 Å². The first-order valence-electron chi connectivity index (χ1n) is 20.0. The van der Waals surface area contributed by atoms with E-state index in [1.165, 1.54) is 121 Å². The molecule has 0 nitrogen and oxygen atoms in total. The summed E-state index contributed by atoms with van der Waals surface area (Å²) in [6.45, 7) is 0. The molecule has 0 aliphatic heterocycles. The number of rotatable bonds is 2. The van der Waals surface area contributed by atoms with Gasteiger partial charge in [-0.1, -0.05) is 182 Å². The third-order valence-electron chi connectivity index (χ3n) is 13.2. The molecule has 1 spiro atoms. The van der Waals surface area contributed by atoms with Crippen molar-refractivity contribution in [2.45, 2.75) is 5.41 Å². The highest BCUT2D eigenvalue weighted by Crippen LogP contribution is 2.66. The normalized spacial score (nSPS) is 13.4. The summed E-state index contributed by atoms with van der Waals surface area (Å²) in [5.74, 6) is 0. The van der Waals surface area contributed by atoms with Crippen LogP contribution in [0.3, 0.4) is 0 Å². The smallest absolute Gasteiger partial charge is 0.0619 e. The maximum atomic E-state index is 2.53. The molecule has 0 amide bonds. The first-order chi connectivity index (χ1) is 28.3. The molecule has 0 N–H and O–H groups in total. The standard InChI is InChI=1S/C57H34/c1-3-14-38-31-40(23-21-35(38)11-1)42-26-28-46-47-29-27-43(41-24-22-36-12-2-4-15-39(36)32-41)34-53(47)57(52(46)33-42)51-20-10-9-19-50(51)55-48-18-8-7-17-45(48)49-30-25-37-13-5-6-16-44(37)54(49)56(55)57/h1-34H. The molecular formula is C57H34. The van der Waals surface area contributed by atoms with E-state index in [1.54, 1.807) is 0 Å². The zero-order valence-corrected chi connectivity index (χ0v) is 31.1. The van der Waals surface area contributed by atoms with Crippen molar-refractivity contribution in [3.05, 3.63) is 229 Å². The second-order valence-corrected chi connectivity index (χ2v) is 15.9. The lowest BCUT2D eigenvalue weighted by atomic mass is 9.68. The van der Waals surface area contributed by atoms with Crippen LogP contribution in [-0.2, 0) is 5.41 Å². The Balaban J connectivity index is 1.21. The summed E-state index contributed by atoms with van der Waals surface area (Å²) in [7, 11) is 0. The minimum atomic E-state index is -0.567. The topological polar surface area (TPSA) is 0 Å². The van der Waals surface area contributed by atoms with E-state index in [9.17, 15) is 0 Å². The fraction of sp³-hybridized carbons (Fsp3) is 0.0175. The third-order valence-corrected chi connectivity index (χ3v) is 13.2. The third kappa shape index (κ3) is 4.12. The van der Waals surface area contributed by atoms with Gasteiger partial charge in [-0.25, -0.2) is 0 Å². The summed E-state index contributed by atoms with van der Waals surface area (Å²) in [6.07, 6.45) is 0. The van der Waals surface area contributed by atoms with Gasteiger partial charge in [-0.05, 0) is 145 Å². The predicted octanol–water partition coefficient (Wildman–Crippen LogP) is 15.1. The van der Waals surface area contributed by atoms with Crippen LogP contribution in [0.25, 0.3) is 98.4 Å². The quantitative estimate of drug-likeness (QED) is 0.156. The number of fused-ring (bicyclic) bond motifs is 19. The first-order valence-corrected chi connectivity index (χ1v) is 20.0. The Morgan fingerprint density at radius 1 is 0.263 bits per heavy atom. The highest BCUT2D eigenvalue weighted by molar-refractivity contribution is 6.26. The maximum absolute atomic E-state index is 2.53. The summed E-state index contributed by atoms with van der Waals surface area (Å²) in [5, 5.41) is 12.9. The van der Waals surface area contributed by atoms with Gasteiger partial charge in [0, 0.05) is 0 Å². The monoisotopic (exact) mass is 718 g/mol. The van der Waals surface area contributed by atoms with Crippen molar-refractivity contribution >= 4 is 53.9 Å². The fourth-order valence-electron chi connectivity index (χ4n) is 10.8. The molecule has 0 heteroatoms. The zero-order chi connectivity index (χ0) is 37.2. The van der Waals surface area contributed by atoms with Crippen LogP contribution in [-0.4, -0.2) is 0 Å². The molecular weight excluding hydrogens is 685 g/mol. The Labute approximate surface area is 330 Å². The van der Waals surface area contributed by atoms with Crippen molar-refractivity contribution in [3.63, 3.8) is 0 Å². The molecule has 0 saturated heterocycles. The van der Waals surface area contributed by atoms with Crippen molar-refractivity contribution in [1.29, 1.82) is 0 Å². The largest absolute Gasteiger partial charge is 0.0732 e. The first kappa shape index (κ1) is 31.0. The molecule has 0 bridgehead atoms. The number of hydrogen-bond donors (Lipinski definition) is 0. The summed E-state index contributed by atoms with van der Waals surface area (Å²) < 4.78 is 0. The molecule has 2 aliphatic rings. The van der Waals surface area contributed by atoms with Crippen molar-refractivity contribution in [1.82, 2.24) is 0 Å². The Bertz CT molecular complexity index is 3400. The van der Waals surface area contributed by atoms with Gasteiger partial charge in [0.2, 0.25) is 0 Å². The van der Waals surface area contributed by atoms with Crippen molar-refractivity contribution in [2.24, 2.45) is 0 Å². The molecule has 0 aromatic heterocycles. The summed E-state index contributed by atoms with van der Waals surface area (Å²) >= 11 is 0. The molecule has 0 saturated carbocycles. The second-order valence-electron chi connectivity index (χ2n) is 15.9. The van der Waals surface area contributed by atoms with Crippen LogP contribution in [0.1, 0.15) is 22.3 Å². The lowest BCUT2D eigenvalue weighted by molar-refractivity contribution is 0.803. The minimum Gasteiger partial charge on any atom is -0.0619 e. The van der Waals surface area contributed by atoms with Crippen LogP contribution < -0.4 is 0 Å². The van der Waals surface area contributed by atoms with Gasteiger partial charge in [-0.2, -0.15) is 0 Å². The number of hydrogen-bond acceptors (Lipinski definition) is 0. The summed E-state index contributed by atoms with van der Waals surface area (Å²) in [5.41, 5.74) is 15.2. The lowest BCUT2D eigenvalue weighted by Gasteiger charge is -2.33. The van der Waals surface area contributed by atoms with Gasteiger partial charge >= 0.3 is 0 Å². The van der Waals surface area contributed by atoms with Gasteiger partial charge in [0.15, 0.2) is 0 Å². The molecule has 0 atom stereocenters. The Morgan fingerprint density at radius 2 is 0.737 bits per heavy atom. The zero-order valence-electron chi connectivity index (χ0n) is 31.1. The average molecular weight is 719 g/mol. The van der Waals surface area contributed by atoms with Crippen LogP contribution in [0.15, 0.2) is 206 Å². The fourth-order valence-corrected chi connectivity index (χ4v) is 10.8. The van der Waals surface area contributed by atoms with Gasteiger partial charge < -0.3 is 0 Å². The van der Waals surface area contributed by atoms with Crippen LogP contribution in [0.4, 0.5) is 0 Å². The second kappa shape index (κ2) is 11.4. The summed E-state index contributed by atoms with van der Waals surface area (Å²) in [4.78, 5) is 0. The van der Waals surface area contributed by atoms with Gasteiger partial charge in [0.05, 0.1) is 5.41 Å². The molecule has 11 aromatic carbocycles. The Kier molecular flexibility index (Phi) is 6.19. The van der Waals surface area contributed by atoms with Gasteiger partial charge in [-0.15, -0.1) is 0 Å². The van der Waals surface area contributed by atoms with E-state index in [0.717, 1.165) is 0 Å².